The average Bonchev–Trinajstić information content (AvgIpc) is 2.72. The predicted molar refractivity (Wildman–Crippen MR) is 114 cm³/mol. The quantitative estimate of drug-likeness (QED) is 0.541. The summed E-state index contributed by atoms with van der Waals surface area (Å²) in [6.07, 6.45) is 0. The summed E-state index contributed by atoms with van der Waals surface area (Å²) in [5, 5.41) is 3.95. The number of nitrogens with one attached hydrogen (secondary N) is 1. The fourth-order valence-corrected chi connectivity index (χ4v) is 2.98. The summed E-state index contributed by atoms with van der Waals surface area (Å²) in [5.74, 6) is 1.32. The molecule has 0 amide bonds. The van der Waals surface area contributed by atoms with E-state index in [0.717, 1.165) is 21.7 Å². The van der Waals surface area contributed by atoms with Gasteiger partial charge in [-0.15, -0.1) is 0 Å². The molecule has 3 nitrogen and oxygen atoms in total. The third kappa shape index (κ3) is 5.22. The fourth-order valence-electron chi connectivity index (χ4n) is 2.58. The van der Waals surface area contributed by atoms with Gasteiger partial charge in [0.25, 0.3) is 0 Å². The zero-order valence-electron chi connectivity index (χ0n) is 14.9. The molecule has 0 saturated carbocycles. The molecule has 0 aromatic heterocycles. The van der Waals surface area contributed by atoms with Crippen LogP contribution < -0.4 is 14.8 Å². The molecule has 0 aliphatic carbocycles. The van der Waals surface area contributed by atoms with Crippen molar-refractivity contribution in [1.29, 1.82) is 0 Å². The third-order valence-corrected chi connectivity index (χ3v) is 4.81. The summed E-state index contributed by atoms with van der Waals surface area (Å²) in [6.45, 7) is 1.04. The number of hydrogen-bond donors (Lipinski definition) is 1. The van der Waals surface area contributed by atoms with Gasteiger partial charge in [-0.25, -0.2) is 0 Å². The molecule has 0 unspecified atom stereocenters. The Morgan fingerprint density at radius 3 is 2.44 bits per heavy atom. The van der Waals surface area contributed by atoms with E-state index in [1.165, 1.54) is 0 Å². The highest BCUT2D eigenvalue weighted by Crippen LogP contribution is 2.29. The predicted octanol–water partition coefficient (Wildman–Crippen LogP) is 5.39. The van der Waals surface area contributed by atoms with Gasteiger partial charge in [0.1, 0.15) is 11.6 Å². The van der Waals surface area contributed by atoms with Gasteiger partial charge in [-0.3, -0.25) is 0 Å². The molecule has 0 saturated heterocycles. The van der Waals surface area contributed by atoms with Gasteiger partial charge in [-0.05, 0) is 35.4 Å². The highest BCUT2D eigenvalue weighted by atomic mass is 35.5. The van der Waals surface area contributed by atoms with Crippen LogP contribution in [0.5, 0.6) is 11.5 Å². The maximum atomic E-state index is 6.19. The average molecular weight is 398 g/mol. The molecule has 27 heavy (non-hydrogen) atoms. The molecule has 0 fully saturated rings. The van der Waals surface area contributed by atoms with E-state index < -0.39 is 0 Å². The molecule has 3 aromatic carbocycles. The van der Waals surface area contributed by atoms with Crippen LogP contribution in [0.15, 0.2) is 72.8 Å². The normalized spacial score (nSPS) is 10.3. The van der Waals surface area contributed by atoms with Crippen molar-refractivity contribution in [1.82, 2.24) is 5.32 Å². The van der Waals surface area contributed by atoms with Gasteiger partial charge in [0.15, 0.2) is 11.5 Å². The van der Waals surface area contributed by atoms with Crippen LogP contribution in [0.3, 0.4) is 0 Å². The lowest BCUT2D eigenvalue weighted by Crippen LogP contribution is -2.21. The van der Waals surface area contributed by atoms with E-state index in [0.29, 0.717) is 29.6 Å². The molecule has 5 heteroatoms. The summed E-state index contributed by atoms with van der Waals surface area (Å²) in [7, 11) is 1.62. The van der Waals surface area contributed by atoms with Crippen molar-refractivity contribution in [2.45, 2.75) is 13.2 Å². The van der Waals surface area contributed by atoms with Crippen LogP contribution in [0.25, 0.3) is 0 Å². The molecule has 0 heterocycles. The van der Waals surface area contributed by atoms with Gasteiger partial charge in [-0.1, -0.05) is 72.3 Å². The molecular formula is C22H20ClNO2S. The van der Waals surface area contributed by atoms with Crippen molar-refractivity contribution >= 4 is 28.8 Å². The molecule has 1 N–H and O–H groups in total. The van der Waals surface area contributed by atoms with E-state index in [2.05, 4.69) is 5.32 Å². The summed E-state index contributed by atoms with van der Waals surface area (Å²) in [6, 6.07) is 23.4. The van der Waals surface area contributed by atoms with Crippen molar-refractivity contribution in [3.63, 3.8) is 0 Å². The minimum absolute atomic E-state index is 0.478. The highest BCUT2D eigenvalue weighted by Gasteiger charge is 2.10. The molecule has 3 rings (SSSR count). The Labute approximate surface area is 169 Å². The lowest BCUT2D eigenvalue weighted by molar-refractivity contribution is 0.284. The lowest BCUT2D eigenvalue weighted by atomic mass is 10.1. The second-order valence-corrected chi connectivity index (χ2v) is 6.73. The maximum absolute atomic E-state index is 6.19. The molecule has 3 aromatic rings. The third-order valence-electron chi connectivity index (χ3n) is 4.06. The first-order valence-electron chi connectivity index (χ1n) is 8.54. The van der Waals surface area contributed by atoms with Crippen LogP contribution >= 0.6 is 23.8 Å². The lowest BCUT2D eigenvalue weighted by Gasteiger charge is -2.14. The molecular weight excluding hydrogens is 378 g/mol. The number of rotatable bonds is 7. The Hall–Kier alpha value is -2.56. The maximum Gasteiger partial charge on any atom is 0.161 e. The molecule has 0 aliphatic heterocycles. The fraction of sp³-hybridized carbons (Fsp3) is 0.136. The first-order valence-corrected chi connectivity index (χ1v) is 9.32. The first-order chi connectivity index (χ1) is 13.2. The summed E-state index contributed by atoms with van der Waals surface area (Å²) in [5.41, 5.74) is 2.96. The second-order valence-electron chi connectivity index (χ2n) is 5.91. The van der Waals surface area contributed by atoms with E-state index in [4.69, 9.17) is 33.3 Å². The van der Waals surface area contributed by atoms with Gasteiger partial charge in [-0.2, -0.15) is 0 Å². The van der Waals surface area contributed by atoms with Crippen molar-refractivity contribution < 1.29 is 9.47 Å². The van der Waals surface area contributed by atoms with Crippen LogP contribution in [0.1, 0.15) is 16.7 Å². The van der Waals surface area contributed by atoms with Gasteiger partial charge in [0.05, 0.1) is 7.11 Å². The molecule has 0 spiro atoms. The van der Waals surface area contributed by atoms with E-state index in [-0.39, 0.29) is 0 Å². The van der Waals surface area contributed by atoms with Crippen LogP contribution in [-0.4, -0.2) is 12.1 Å². The van der Waals surface area contributed by atoms with Gasteiger partial charge < -0.3 is 14.8 Å². The minimum atomic E-state index is 0.478. The summed E-state index contributed by atoms with van der Waals surface area (Å²) in [4.78, 5) is 0.628. The monoisotopic (exact) mass is 397 g/mol. The smallest absolute Gasteiger partial charge is 0.161 e. The zero-order chi connectivity index (χ0) is 19.1. The molecule has 0 atom stereocenters. The Kier molecular flexibility index (Phi) is 6.69. The van der Waals surface area contributed by atoms with Crippen molar-refractivity contribution in [3.8, 4) is 11.5 Å². The number of hydrogen-bond acceptors (Lipinski definition) is 3. The second kappa shape index (κ2) is 9.40. The number of methoxy groups -OCH3 is 1. The SMILES string of the molecule is COc1cc(C(=S)NCc2ccccc2Cl)ccc1OCc1ccccc1. The molecule has 0 bridgehead atoms. The summed E-state index contributed by atoms with van der Waals surface area (Å²) < 4.78 is 11.4. The minimum Gasteiger partial charge on any atom is -0.493 e. The van der Waals surface area contributed by atoms with E-state index in [1.54, 1.807) is 7.11 Å². The topological polar surface area (TPSA) is 30.5 Å². The van der Waals surface area contributed by atoms with Crippen LogP contribution in [-0.2, 0) is 13.2 Å². The number of ether oxygens (including phenoxy) is 2. The summed E-state index contributed by atoms with van der Waals surface area (Å²) >= 11 is 11.7. The van der Waals surface area contributed by atoms with Crippen LogP contribution in [0.4, 0.5) is 0 Å². The van der Waals surface area contributed by atoms with Gasteiger partial charge in [0.2, 0.25) is 0 Å². The van der Waals surface area contributed by atoms with Gasteiger partial charge >= 0.3 is 0 Å². The zero-order valence-corrected chi connectivity index (χ0v) is 16.5. The van der Waals surface area contributed by atoms with Crippen molar-refractivity contribution in [3.05, 3.63) is 94.5 Å². The Morgan fingerprint density at radius 2 is 1.70 bits per heavy atom. The number of halogens is 1. The molecule has 0 radical (unpaired) electrons. The van der Waals surface area contributed by atoms with E-state index in [1.807, 2.05) is 72.8 Å². The Morgan fingerprint density at radius 1 is 0.963 bits per heavy atom. The molecule has 138 valence electrons. The number of benzene rings is 3. The van der Waals surface area contributed by atoms with Crippen molar-refractivity contribution in [2.24, 2.45) is 0 Å². The Balaban J connectivity index is 1.66. The molecule has 0 aliphatic rings. The van der Waals surface area contributed by atoms with Crippen LogP contribution in [0.2, 0.25) is 5.02 Å². The number of thiocarbonyl (C=S) groups is 1. The van der Waals surface area contributed by atoms with Crippen LogP contribution in [0, 0.1) is 0 Å². The van der Waals surface area contributed by atoms with E-state index in [9.17, 15) is 0 Å². The highest BCUT2D eigenvalue weighted by molar-refractivity contribution is 7.80. The standard InChI is InChI=1S/C22H20ClNO2S/c1-25-21-13-17(22(27)24-14-18-9-5-6-10-19(18)23)11-12-20(21)26-15-16-7-3-2-4-8-16/h2-13H,14-15H2,1H3,(H,24,27). The first kappa shape index (κ1) is 19.2. The van der Waals surface area contributed by atoms with E-state index >= 15 is 0 Å². The largest absolute Gasteiger partial charge is 0.493 e. The van der Waals surface area contributed by atoms with Crippen molar-refractivity contribution in [2.75, 3.05) is 7.11 Å². The van der Waals surface area contributed by atoms with Gasteiger partial charge in [0, 0.05) is 17.1 Å². The Bertz CT molecular complexity index is 915.